The Morgan fingerprint density at radius 2 is 2.22 bits per heavy atom. The van der Waals surface area contributed by atoms with Crippen LogP contribution in [0.25, 0.3) is 0 Å². The van der Waals surface area contributed by atoms with Crippen molar-refractivity contribution in [2.75, 3.05) is 26.2 Å². The molecule has 5 heteroatoms. The second-order valence-corrected chi connectivity index (χ2v) is 5.36. The minimum atomic E-state index is 0.0504. The van der Waals surface area contributed by atoms with Gasteiger partial charge in [-0.05, 0) is 25.3 Å². The van der Waals surface area contributed by atoms with Crippen LogP contribution in [0.3, 0.4) is 0 Å². The molecule has 0 aliphatic carbocycles. The van der Waals surface area contributed by atoms with Crippen molar-refractivity contribution in [2.45, 2.75) is 38.6 Å². The van der Waals surface area contributed by atoms with Crippen molar-refractivity contribution in [1.82, 2.24) is 15.5 Å². The minimum absolute atomic E-state index is 0.0504. The zero-order valence-electron chi connectivity index (χ0n) is 11.1. The predicted molar refractivity (Wildman–Crippen MR) is 69.0 cm³/mol. The van der Waals surface area contributed by atoms with Crippen molar-refractivity contribution in [3.05, 3.63) is 0 Å². The van der Waals surface area contributed by atoms with Crippen LogP contribution in [0, 0.1) is 5.92 Å². The van der Waals surface area contributed by atoms with Crippen LogP contribution in [0.1, 0.15) is 32.6 Å². The van der Waals surface area contributed by atoms with E-state index < -0.39 is 0 Å². The van der Waals surface area contributed by atoms with E-state index in [4.69, 9.17) is 0 Å². The van der Waals surface area contributed by atoms with Gasteiger partial charge in [0.25, 0.3) is 0 Å². The number of hydrogen-bond donors (Lipinski definition) is 2. The monoisotopic (exact) mass is 253 g/mol. The Bertz CT molecular complexity index is 319. The molecule has 2 atom stereocenters. The van der Waals surface area contributed by atoms with Crippen LogP contribution in [0.2, 0.25) is 0 Å². The molecule has 18 heavy (non-hydrogen) atoms. The number of amides is 2. The molecule has 0 radical (unpaired) electrons. The molecule has 0 aromatic rings. The fourth-order valence-electron chi connectivity index (χ4n) is 2.72. The molecule has 2 rings (SSSR count). The van der Waals surface area contributed by atoms with Crippen LogP contribution in [-0.2, 0) is 9.59 Å². The summed E-state index contributed by atoms with van der Waals surface area (Å²) in [6, 6.07) is 0.304. The highest BCUT2D eigenvalue weighted by Gasteiger charge is 2.26. The third-order valence-corrected chi connectivity index (χ3v) is 3.99. The summed E-state index contributed by atoms with van der Waals surface area (Å²) in [5.74, 6) is 0.793. The molecule has 2 unspecified atom stereocenters. The van der Waals surface area contributed by atoms with Crippen molar-refractivity contribution in [1.29, 1.82) is 0 Å². The van der Waals surface area contributed by atoms with Gasteiger partial charge in [-0.2, -0.15) is 0 Å². The van der Waals surface area contributed by atoms with Gasteiger partial charge in [0.05, 0.1) is 0 Å². The van der Waals surface area contributed by atoms with Gasteiger partial charge in [0.2, 0.25) is 11.8 Å². The lowest BCUT2D eigenvalue weighted by molar-refractivity contribution is -0.132. The van der Waals surface area contributed by atoms with E-state index in [0.717, 1.165) is 6.54 Å². The second kappa shape index (κ2) is 6.18. The van der Waals surface area contributed by atoms with Gasteiger partial charge in [0, 0.05) is 38.5 Å². The number of rotatable bonds is 2. The normalized spacial score (nSPS) is 29.6. The molecule has 0 spiro atoms. The average molecular weight is 253 g/mol. The molecule has 5 nitrogen and oxygen atoms in total. The van der Waals surface area contributed by atoms with Crippen LogP contribution in [0.15, 0.2) is 0 Å². The molecule has 0 aromatic heterocycles. The van der Waals surface area contributed by atoms with Gasteiger partial charge in [0.15, 0.2) is 0 Å². The first-order valence-electron chi connectivity index (χ1n) is 6.94. The van der Waals surface area contributed by atoms with Crippen LogP contribution < -0.4 is 10.6 Å². The summed E-state index contributed by atoms with van der Waals surface area (Å²) in [6.45, 7) is 5.01. The van der Waals surface area contributed by atoms with Gasteiger partial charge in [0.1, 0.15) is 0 Å². The zero-order valence-corrected chi connectivity index (χ0v) is 11.1. The molecule has 102 valence electrons. The molecule has 2 heterocycles. The van der Waals surface area contributed by atoms with E-state index in [9.17, 15) is 9.59 Å². The standard InChI is InChI=1S/C13H23N3O2/c1-10-3-2-5-14-11(10)9-13(18)16-7-4-12(17)15-6-8-16/h10-11,14H,2-9H2,1H3,(H,15,17). The SMILES string of the molecule is CC1CCCNC1CC(=O)N1CCNC(=O)CC1. The van der Waals surface area contributed by atoms with Crippen LogP contribution in [0.5, 0.6) is 0 Å². The van der Waals surface area contributed by atoms with E-state index in [2.05, 4.69) is 17.6 Å². The maximum absolute atomic E-state index is 12.2. The van der Waals surface area contributed by atoms with Crippen LogP contribution in [-0.4, -0.2) is 48.9 Å². The van der Waals surface area contributed by atoms with Crippen molar-refractivity contribution in [3.63, 3.8) is 0 Å². The predicted octanol–water partition coefficient (Wildman–Crippen LogP) is 0.113. The van der Waals surface area contributed by atoms with Crippen LogP contribution >= 0.6 is 0 Å². The Hall–Kier alpha value is -1.10. The fourth-order valence-corrected chi connectivity index (χ4v) is 2.72. The van der Waals surface area contributed by atoms with Crippen molar-refractivity contribution in [2.24, 2.45) is 5.92 Å². The summed E-state index contributed by atoms with van der Waals surface area (Å²) in [6.07, 6.45) is 3.40. The smallest absolute Gasteiger partial charge is 0.224 e. The second-order valence-electron chi connectivity index (χ2n) is 5.36. The molecule has 2 aliphatic heterocycles. The van der Waals surface area contributed by atoms with Gasteiger partial charge in [-0.15, -0.1) is 0 Å². The molecular formula is C13H23N3O2. The Balaban J connectivity index is 1.84. The third kappa shape index (κ3) is 3.45. The summed E-state index contributed by atoms with van der Waals surface area (Å²) in [4.78, 5) is 25.3. The largest absolute Gasteiger partial charge is 0.354 e. The lowest BCUT2D eigenvalue weighted by Gasteiger charge is -2.31. The van der Waals surface area contributed by atoms with Gasteiger partial charge >= 0.3 is 0 Å². The quantitative estimate of drug-likeness (QED) is 0.734. The summed E-state index contributed by atoms with van der Waals surface area (Å²) >= 11 is 0. The molecule has 0 bridgehead atoms. The maximum Gasteiger partial charge on any atom is 0.224 e. The highest BCUT2D eigenvalue weighted by atomic mass is 16.2. The van der Waals surface area contributed by atoms with E-state index in [1.807, 2.05) is 4.90 Å². The molecule has 0 saturated carbocycles. The molecule has 0 aromatic carbocycles. The van der Waals surface area contributed by atoms with Crippen LogP contribution in [0.4, 0.5) is 0 Å². The maximum atomic E-state index is 12.2. The number of nitrogens with zero attached hydrogens (tertiary/aromatic N) is 1. The van der Waals surface area contributed by atoms with Crippen molar-refractivity contribution < 1.29 is 9.59 Å². The van der Waals surface area contributed by atoms with Gasteiger partial charge in [-0.3, -0.25) is 9.59 Å². The van der Waals surface area contributed by atoms with Gasteiger partial charge in [-0.1, -0.05) is 6.92 Å². The number of nitrogens with one attached hydrogen (secondary N) is 2. The number of hydrogen-bond acceptors (Lipinski definition) is 3. The Labute approximate surface area is 108 Å². The summed E-state index contributed by atoms with van der Waals surface area (Å²) in [7, 11) is 0. The highest BCUT2D eigenvalue weighted by Crippen LogP contribution is 2.18. The van der Waals surface area contributed by atoms with E-state index in [0.29, 0.717) is 44.4 Å². The zero-order chi connectivity index (χ0) is 13.0. The van der Waals surface area contributed by atoms with Crippen molar-refractivity contribution >= 4 is 11.8 Å². The summed E-state index contributed by atoms with van der Waals surface area (Å²) in [5, 5.41) is 6.23. The van der Waals surface area contributed by atoms with Crippen molar-refractivity contribution in [3.8, 4) is 0 Å². The van der Waals surface area contributed by atoms with E-state index in [-0.39, 0.29) is 11.8 Å². The molecule has 2 amide bonds. The van der Waals surface area contributed by atoms with Gasteiger partial charge < -0.3 is 15.5 Å². The lowest BCUT2D eigenvalue weighted by atomic mass is 9.90. The number of carbonyl (C=O) groups excluding carboxylic acids is 2. The molecule has 2 aliphatic rings. The fraction of sp³-hybridized carbons (Fsp3) is 0.846. The Morgan fingerprint density at radius 3 is 3.00 bits per heavy atom. The Morgan fingerprint density at radius 1 is 1.39 bits per heavy atom. The molecule has 2 saturated heterocycles. The first-order valence-corrected chi connectivity index (χ1v) is 6.94. The van der Waals surface area contributed by atoms with E-state index >= 15 is 0 Å². The highest BCUT2D eigenvalue weighted by molar-refractivity contribution is 5.80. The summed E-state index contributed by atoms with van der Waals surface area (Å²) < 4.78 is 0. The topological polar surface area (TPSA) is 61.4 Å². The molecular weight excluding hydrogens is 230 g/mol. The first kappa shape index (κ1) is 13.3. The number of carbonyl (C=O) groups is 2. The minimum Gasteiger partial charge on any atom is -0.354 e. The van der Waals surface area contributed by atoms with E-state index in [1.54, 1.807) is 0 Å². The van der Waals surface area contributed by atoms with E-state index in [1.165, 1.54) is 12.8 Å². The molecule has 2 fully saturated rings. The Kier molecular flexibility index (Phi) is 4.58. The summed E-state index contributed by atoms with van der Waals surface area (Å²) in [5.41, 5.74) is 0. The third-order valence-electron chi connectivity index (χ3n) is 3.99. The molecule has 2 N–H and O–H groups in total. The number of piperidine rings is 1. The average Bonchev–Trinajstić information content (AvgIpc) is 2.57. The first-order chi connectivity index (χ1) is 8.66. The lowest BCUT2D eigenvalue weighted by Crippen LogP contribution is -2.45. The van der Waals surface area contributed by atoms with Gasteiger partial charge in [-0.25, -0.2) is 0 Å².